The smallest absolute Gasteiger partial charge is 0.192 e. The standard InChI is InChI=1S/C14H11ClO3/c15-7-11(16)14-8-17-12-5-9-3-1-2-4-10(9)6-13(12)18-14/h1-6,14H,7-8H2. The second kappa shape index (κ2) is 4.50. The molecule has 0 fully saturated rings. The number of fused-ring (bicyclic) bond motifs is 2. The summed E-state index contributed by atoms with van der Waals surface area (Å²) in [7, 11) is 0. The third-order valence-electron chi connectivity index (χ3n) is 2.96. The lowest BCUT2D eigenvalue weighted by Gasteiger charge is -2.25. The van der Waals surface area contributed by atoms with Crippen molar-refractivity contribution in [2.24, 2.45) is 0 Å². The van der Waals surface area contributed by atoms with E-state index in [0.717, 1.165) is 10.8 Å². The molecular weight excluding hydrogens is 252 g/mol. The van der Waals surface area contributed by atoms with E-state index in [1.54, 1.807) is 0 Å². The van der Waals surface area contributed by atoms with E-state index in [0.29, 0.717) is 11.5 Å². The number of benzene rings is 2. The molecule has 92 valence electrons. The fourth-order valence-corrected chi connectivity index (χ4v) is 2.17. The van der Waals surface area contributed by atoms with E-state index in [1.807, 2.05) is 36.4 Å². The zero-order valence-electron chi connectivity index (χ0n) is 9.56. The van der Waals surface area contributed by atoms with Gasteiger partial charge in [0.15, 0.2) is 23.4 Å². The summed E-state index contributed by atoms with van der Waals surface area (Å²) in [6.07, 6.45) is -0.601. The van der Waals surface area contributed by atoms with Gasteiger partial charge in [-0.2, -0.15) is 0 Å². The maximum atomic E-state index is 11.5. The molecule has 1 aliphatic heterocycles. The molecule has 4 heteroatoms. The number of hydrogen-bond donors (Lipinski definition) is 0. The van der Waals surface area contributed by atoms with Crippen LogP contribution in [-0.2, 0) is 4.79 Å². The molecule has 0 amide bonds. The second-order valence-corrected chi connectivity index (χ2v) is 4.43. The van der Waals surface area contributed by atoms with Gasteiger partial charge in [-0.15, -0.1) is 11.6 Å². The first-order valence-corrected chi connectivity index (χ1v) is 6.22. The van der Waals surface area contributed by atoms with Gasteiger partial charge in [0.25, 0.3) is 0 Å². The van der Waals surface area contributed by atoms with Crippen LogP contribution in [0, 0.1) is 0 Å². The van der Waals surface area contributed by atoms with Crippen LogP contribution in [-0.4, -0.2) is 24.4 Å². The number of alkyl halides is 1. The van der Waals surface area contributed by atoms with Crippen LogP contribution in [0.15, 0.2) is 36.4 Å². The fourth-order valence-electron chi connectivity index (χ4n) is 2.00. The van der Waals surface area contributed by atoms with Gasteiger partial charge in [0, 0.05) is 0 Å². The first-order valence-electron chi connectivity index (χ1n) is 5.69. The molecule has 1 unspecified atom stereocenters. The molecule has 0 radical (unpaired) electrons. The summed E-state index contributed by atoms with van der Waals surface area (Å²) in [4.78, 5) is 11.5. The number of carbonyl (C=O) groups excluding carboxylic acids is 1. The summed E-state index contributed by atoms with van der Waals surface area (Å²) in [5, 5.41) is 2.14. The Labute approximate surface area is 109 Å². The Morgan fingerprint density at radius 1 is 1.22 bits per heavy atom. The number of rotatable bonds is 2. The molecule has 0 aliphatic carbocycles. The molecule has 1 heterocycles. The van der Waals surface area contributed by atoms with Gasteiger partial charge in [0.05, 0.1) is 5.88 Å². The molecule has 1 aliphatic rings. The monoisotopic (exact) mass is 262 g/mol. The molecule has 1 atom stereocenters. The molecule has 3 rings (SSSR count). The molecule has 0 N–H and O–H groups in total. The van der Waals surface area contributed by atoms with Gasteiger partial charge >= 0.3 is 0 Å². The summed E-state index contributed by atoms with van der Waals surface area (Å²) >= 11 is 5.52. The van der Waals surface area contributed by atoms with Crippen molar-refractivity contribution in [1.29, 1.82) is 0 Å². The number of hydrogen-bond acceptors (Lipinski definition) is 3. The Balaban J connectivity index is 2.00. The molecule has 2 aromatic rings. The van der Waals surface area contributed by atoms with Crippen LogP contribution in [0.5, 0.6) is 11.5 Å². The zero-order chi connectivity index (χ0) is 12.5. The van der Waals surface area contributed by atoms with E-state index in [1.165, 1.54) is 0 Å². The van der Waals surface area contributed by atoms with E-state index >= 15 is 0 Å². The van der Waals surface area contributed by atoms with Crippen LogP contribution in [0.3, 0.4) is 0 Å². The predicted molar refractivity (Wildman–Crippen MR) is 69.6 cm³/mol. The van der Waals surface area contributed by atoms with Crippen LogP contribution >= 0.6 is 11.6 Å². The summed E-state index contributed by atoms with van der Waals surface area (Å²) in [5.41, 5.74) is 0. The second-order valence-electron chi connectivity index (χ2n) is 4.16. The molecule has 0 spiro atoms. The Morgan fingerprint density at radius 3 is 2.56 bits per heavy atom. The fraction of sp³-hybridized carbons (Fsp3) is 0.214. The van der Waals surface area contributed by atoms with Gasteiger partial charge in [-0.3, -0.25) is 4.79 Å². The Bertz CT molecular complexity index is 609. The largest absolute Gasteiger partial charge is 0.485 e. The normalized spacial score (nSPS) is 17.7. The summed E-state index contributed by atoms with van der Waals surface area (Å²) in [6.45, 7) is 0.219. The maximum absolute atomic E-state index is 11.5. The minimum atomic E-state index is -0.601. The molecule has 18 heavy (non-hydrogen) atoms. The highest BCUT2D eigenvalue weighted by Gasteiger charge is 2.26. The minimum absolute atomic E-state index is 0.0586. The van der Waals surface area contributed by atoms with Crippen LogP contribution in [0.2, 0.25) is 0 Å². The van der Waals surface area contributed by atoms with Crippen LogP contribution in [0.25, 0.3) is 10.8 Å². The topological polar surface area (TPSA) is 35.5 Å². The lowest BCUT2D eigenvalue weighted by Crippen LogP contribution is -2.37. The highest BCUT2D eigenvalue weighted by Crippen LogP contribution is 2.35. The third-order valence-corrected chi connectivity index (χ3v) is 3.23. The number of carbonyl (C=O) groups is 1. The molecule has 0 saturated carbocycles. The zero-order valence-corrected chi connectivity index (χ0v) is 10.3. The highest BCUT2D eigenvalue weighted by molar-refractivity contribution is 6.28. The van der Waals surface area contributed by atoms with Crippen LogP contribution in [0.4, 0.5) is 0 Å². The van der Waals surface area contributed by atoms with Gasteiger partial charge in [-0.25, -0.2) is 0 Å². The Hall–Kier alpha value is -1.74. The quantitative estimate of drug-likeness (QED) is 0.781. The van der Waals surface area contributed by atoms with Gasteiger partial charge in [0.2, 0.25) is 0 Å². The van der Waals surface area contributed by atoms with E-state index in [2.05, 4.69) is 0 Å². The number of ketones is 1. The first-order chi connectivity index (χ1) is 8.78. The third kappa shape index (κ3) is 1.91. The van der Waals surface area contributed by atoms with Gasteiger partial charge < -0.3 is 9.47 Å². The van der Waals surface area contributed by atoms with Crippen molar-refractivity contribution in [3.05, 3.63) is 36.4 Å². The Morgan fingerprint density at radius 2 is 1.89 bits per heavy atom. The van der Waals surface area contributed by atoms with Gasteiger partial charge in [-0.05, 0) is 22.9 Å². The summed E-state index contributed by atoms with van der Waals surface area (Å²) < 4.78 is 11.2. The number of halogens is 1. The van der Waals surface area contributed by atoms with E-state index < -0.39 is 6.10 Å². The SMILES string of the molecule is O=C(CCl)C1COc2cc3ccccc3cc2O1. The van der Waals surface area contributed by atoms with Crippen molar-refractivity contribution in [1.82, 2.24) is 0 Å². The number of ether oxygens (including phenoxy) is 2. The molecule has 2 aromatic carbocycles. The van der Waals surface area contributed by atoms with Crippen molar-refractivity contribution in [2.45, 2.75) is 6.10 Å². The van der Waals surface area contributed by atoms with Gasteiger partial charge in [-0.1, -0.05) is 24.3 Å². The molecule has 0 bridgehead atoms. The maximum Gasteiger partial charge on any atom is 0.192 e. The van der Waals surface area contributed by atoms with E-state index in [9.17, 15) is 4.79 Å². The lowest BCUT2D eigenvalue weighted by molar-refractivity contribution is -0.125. The van der Waals surface area contributed by atoms with Crippen molar-refractivity contribution in [3.63, 3.8) is 0 Å². The van der Waals surface area contributed by atoms with E-state index in [4.69, 9.17) is 21.1 Å². The van der Waals surface area contributed by atoms with Crippen molar-refractivity contribution in [3.8, 4) is 11.5 Å². The molecule has 3 nitrogen and oxygen atoms in total. The molecular formula is C14H11ClO3. The molecule has 0 aromatic heterocycles. The van der Waals surface area contributed by atoms with Crippen molar-refractivity contribution in [2.75, 3.05) is 12.5 Å². The number of Topliss-reactive ketones (excluding diaryl/α,β-unsaturated/α-hetero) is 1. The average Bonchev–Trinajstić information content (AvgIpc) is 2.43. The highest BCUT2D eigenvalue weighted by atomic mass is 35.5. The Kier molecular flexibility index (Phi) is 2.84. The van der Waals surface area contributed by atoms with Crippen LogP contribution < -0.4 is 9.47 Å². The summed E-state index contributed by atoms with van der Waals surface area (Å²) in [5.74, 6) is 1.06. The van der Waals surface area contributed by atoms with Gasteiger partial charge in [0.1, 0.15) is 6.61 Å². The average molecular weight is 263 g/mol. The van der Waals surface area contributed by atoms with Crippen molar-refractivity contribution < 1.29 is 14.3 Å². The van der Waals surface area contributed by atoms with E-state index in [-0.39, 0.29) is 18.3 Å². The van der Waals surface area contributed by atoms with Crippen molar-refractivity contribution >= 4 is 28.2 Å². The predicted octanol–water partition coefficient (Wildman–Crippen LogP) is 2.79. The van der Waals surface area contributed by atoms with Crippen LogP contribution in [0.1, 0.15) is 0 Å². The lowest BCUT2D eigenvalue weighted by atomic mass is 10.1. The first kappa shape index (κ1) is 11.4. The summed E-state index contributed by atoms with van der Waals surface area (Å²) in [6, 6.07) is 11.7. The minimum Gasteiger partial charge on any atom is -0.485 e. The molecule has 0 saturated heterocycles.